The van der Waals surface area contributed by atoms with E-state index in [2.05, 4.69) is 67.5 Å². The quantitative estimate of drug-likeness (QED) is 0.0936. The van der Waals surface area contributed by atoms with E-state index < -0.39 is 0 Å². The largest absolute Gasteiger partial charge is 0.494 e. The number of nitrogens with one attached hydrogen (secondary N) is 4. The number of halogens is 1. The zero-order valence-corrected chi connectivity index (χ0v) is 32.1. The van der Waals surface area contributed by atoms with Crippen LogP contribution in [0.4, 0.5) is 28.8 Å². The molecule has 12 heteroatoms. The molecule has 3 aromatic rings. The van der Waals surface area contributed by atoms with Crippen LogP contribution in [0, 0.1) is 29.6 Å². The van der Waals surface area contributed by atoms with Gasteiger partial charge in [0.05, 0.1) is 19.0 Å². The fraction of sp³-hybridized carbons (Fsp3) is 0.512. The van der Waals surface area contributed by atoms with Gasteiger partial charge in [-0.2, -0.15) is 4.98 Å². The van der Waals surface area contributed by atoms with E-state index in [-0.39, 0.29) is 11.8 Å². The number of carbonyl (C=O) groups excluding carboxylic acids is 2. The van der Waals surface area contributed by atoms with Gasteiger partial charge in [-0.25, -0.2) is 4.98 Å². The van der Waals surface area contributed by atoms with Crippen molar-refractivity contribution in [1.29, 1.82) is 0 Å². The molecule has 2 heterocycles. The summed E-state index contributed by atoms with van der Waals surface area (Å²) < 4.78 is 5.77. The molecule has 6 rings (SSSR count). The molecule has 2 aromatic carbocycles. The van der Waals surface area contributed by atoms with Crippen LogP contribution in [0.25, 0.3) is 0 Å². The summed E-state index contributed by atoms with van der Waals surface area (Å²) in [6, 6.07) is 13.6. The number of anilines is 5. The lowest BCUT2D eigenvalue weighted by Gasteiger charge is -2.46. The van der Waals surface area contributed by atoms with Gasteiger partial charge in [-0.15, -0.1) is 0 Å². The summed E-state index contributed by atoms with van der Waals surface area (Å²) in [6.45, 7) is 14.2. The number of hydrogen-bond acceptors (Lipinski definition) is 9. The van der Waals surface area contributed by atoms with Crippen molar-refractivity contribution in [3.8, 4) is 5.75 Å². The Labute approximate surface area is 319 Å². The molecule has 2 saturated carbocycles. The molecule has 11 nitrogen and oxygen atoms in total. The minimum absolute atomic E-state index is 0.241. The van der Waals surface area contributed by atoms with Gasteiger partial charge in [0.15, 0.2) is 5.82 Å². The molecule has 5 atom stereocenters. The van der Waals surface area contributed by atoms with E-state index >= 15 is 0 Å². The summed E-state index contributed by atoms with van der Waals surface area (Å²) >= 11 is 6.43. The van der Waals surface area contributed by atoms with Gasteiger partial charge in [0.1, 0.15) is 10.8 Å². The first-order valence-electron chi connectivity index (χ1n) is 19.1. The number of nitrogens with zero attached hydrogens (tertiary/aromatic N) is 4. The van der Waals surface area contributed by atoms with Gasteiger partial charge in [-0.1, -0.05) is 44.2 Å². The van der Waals surface area contributed by atoms with E-state index in [1.165, 1.54) is 31.8 Å². The minimum atomic E-state index is -0.268. The summed E-state index contributed by atoms with van der Waals surface area (Å²) in [4.78, 5) is 38.4. The summed E-state index contributed by atoms with van der Waals surface area (Å²) in [5.74, 6) is 5.16. The van der Waals surface area contributed by atoms with Crippen molar-refractivity contribution in [1.82, 2.24) is 20.2 Å². The summed E-state index contributed by atoms with van der Waals surface area (Å²) in [5, 5.41) is 12.9. The first-order valence-corrected chi connectivity index (χ1v) is 19.5. The summed E-state index contributed by atoms with van der Waals surface area (Å²) in [7, 11) is 1.66. The van der Waals surface area contributed by atoms with Crippen LogP contribution >= 0.6 is 11.6 Å². The third-order valence-corrected chi connectivity index (χ3v) is 11.5. The van der Waals surface area contributed by atoms with Crippen molar-refractivity contribution < 1.29 is 14.3 Å². The SMILES string of the molecule is C=CC(=O)Nc1cccc(CNc2nc(Nc3ccc(N4CCN(CCCNC(=O)CC5[C@@H]6C[C@H](C)C[C@@H](C6)C[C@@H]5C)CC4)cc3OC)ncc2Cl)c1. The lowest BCUT2D eigenvalue weighted by molar-refractivity contribution is -0.124. The molecule has 1 aliphatic heterocycles. The molecule has 0 spiro atoms. The fourth-order valence-corrected chi connectivity index (χ4v) is 8.87. The number of hydrogen-bond donors (Lipinski definition) is 4. The molecule has 2 bridgehead atoms. The van der Waals surface area contributed by atoms with Crippen LogP contribution in [0.1, 0.15) is 57.9 Å². The minimum Gasteiger partial charge on any atom is -0.494 e. The van der Waals surface area contributed by atoms with Gasteiger partial charge in [0.25, 0.3) is 0 Å². The maximum atomic E-state index is 12.9. The molecule has 0 radical (unpaired) electrons. The first-order chi connectivity index (χ1) is 25.7. The van der Waals surface area contributed by atoms with Crippen LogP contribution in [0.3, 0.4) is 0 Å². The molecule has 53 heavy (non-hydrogen) atoms. The standard InChI is InChI=1S/C41H55ClN8O3/c1-5-38(51)46-32-9-6-8-29(22-32)25-44-40-35(42)26-45-41(48-40)47-36-11-10-33(23-37(36)53-4)50-16-14-49(15-17-50)13-7-12-43-39(52)24-34-28(3)20-30-18-27(2)19-31(34)21-30/h5-6,8-11,22-23,26-28,30-31,34H,1,7,12-21,24-25H2,2-4H3,(H,43,52)(H,46,51)(H2,44,45,47,48)/t27-,28+,30-,31-,34?/m1/s1. The molecule has 2 amide bonds. The molecule has 1 aromatic heterocycles. The molecule has 3 fully saturated rings. The van der Waals surface area contributed by atoms with Crippen LogP contribution < -0.4 is 30.9 Å². The van der Waals surface area contributed by atoms with Crippen molar-refractivity contribution in [3.05, 3.63) is 71.9 Å². The Morgan fingerprint density at radius 1 is 1.06 bits per heavy atom. The van der Waals surface area contributed by atoms with Crippen LogP contribution in [0.5, 0.6) is 5.75 Å². The van der Waals surface area contributed by atoms with Crippen molar-refractivity contribution in [2.75, 3.05) is 67.2 Å². The smallest absolute Gasteiger partial charge is 0.247 e. The van der Waals surface area contributed by atoms with Crippen LogP contribution in [-0.2, 0) is 16.1 Å². The molecule has 2 aliphatic carbocycles. The second kappa shape index (κ2) is 18.1. The average Bonchev–Trinajstić information content (AvgIpc) is 3.15. The lowest BCUT2D eigenvalue weighted by atomic mass is 9.59. The monoisotopic (exact) mass is 742 g/mol. The van der Waals surface area contributed by atoms with E-state index in [1.807, 2.05) is 36.4 Å². The van der Waals surface area contributed by atoms with Gasteiger partial charge < -0.3 is 30.9 Å². The Balaban J connectivity index is 0.943. The van der Waals surface area contributed by atoms with Crippen molar-refractivity contribution >= 4 is 52.2 Å². The highest BCUT2D eigenvalue weighted by Crippen LogP contribution is 2.49. The Hall–Kier alpha value is -4.35. The van der Waals surface area contributed by atoms with E-state index in [9.17, 15) is 9.59 Å². The zero-order valence-electron chi connectivity index (χ0n) is 31.4. The number of fused-ring (bicyclic) bond motifs is 2. The van der Waals surface area contributed by atoms with Crippen molar-refractivity contribution in [2.45, 2.75) is 58.9 Å². The van der Waals surface area contributed by atoms with E-state index in [0.29, 0.717) is 53.0 Å². The molecular weight excluding hydrogens is 688 g/mol. The van der Waals surface area contributed by atoms with E-state index in [1.54, 1.807) is 13.3 Å². The highest BCUT2D eigenvalue weighted by Gasteiger charge is 2.40. The maximum absolute atomic E-state index is 12.9. The van der Waals surface area contributed by atoms with Gasteiger partial charge in [0.2, 0.25) is 17.8 Å². The highest BCUT2D eigenvalue weighted by atomic mass is 35.5. The number of aromatic nitrogens is 2. The molecule has 3 aliphatic rings. The van der Waals surface area contributed by atoms with Gasteiger partial charge in [-0.05, 0) is 104 Å². The third-order valence-electron chi connectivity index (χ3n) is 11.3. The normalized spacial score (nSPS) is 22.8. The summed E-state index contributed by atoms with van der Waals surface area (Å²) in [6.07, 6.45) is 9.77. The predicted octanol–water partition coefficient (Wildman–Crippen LogP) is 7.35. The molecule has 1 saturated heterocycles. The highest BCUT2D eigenvalue weighted by molar-refractivity contribution is 6.32. The van der Waals surface area contributed by atoms with Crippen LogP contribution in [0.2, 0.25) is 5.02 Å². The average molecular weight is 743 g/mol. The second-order valence-corrected chi connectivity index (χ2v) is 15.6. The number of amides is 2. The molecule has 284 valence electrons. The second-order valence-electron chi connectivity index (χ2n) is 15.2. The molecule has 4 N–H and O–H groups in total. The van der Waals surface area contributed by atoms with Crippen molar-refractivity contribution in [2.24, 2.45) is 29.6 Å². The van der Waals surface area contributed by atoms with E-state index in [0.717, 1.165) is 80.4 Å². The lowest BCUT2D eigenvalue weighted by Crippen LogP contribution is -2.47. The van der Waals surface area contributed by atoms with Crippen LogP contribution in [-0.4, -0.2) is 73.1 Å². The topological polar surface area (TPSA) is 124 Å². The summed E-state index contributed by atoms with van der Waals surface area (Å²) in [5.41, 5.74) is 3.45. The number of ether oxygens (including phenoxy) is 1. The number of methoxy groups -OCH3 is 1. The van der Waals surface area contributed by atoms with Gasteiger partial charge in [0, 0.05) is 63.1 Å². The Kier molecular flexibility index (Phi) is 13.1. The number of piperazine rings is 1. The third kappa shape index (κ3) is 10.4. The van der Waals surface area contributed by atoms with Gasteiger partial charge >= 0.3 is 0 Å². The van der Waals surface area contributed by atoms with E-state index in [4.69, 9.17) is 16.3 Å². The van der Waals surface area contributed by atoms with Gasteiger partial charge in [-0.3, -0.25) is 14.5 Å². The Morgan fingerprint density at radius 2 is 1.89 bits per heavy atom. The number of rotatable bonds is 15. The number of benzene rings is 2. The Morgan fingerprint density at radius 3 is 2.68 bits per heavy atom. The Bertz CT molecular complexity index is 1730. The molecule has 1 unspecified atom stereocenters. The zero-order chi connectivity index (χ0) is 37.3. The van der Waals surface area contributed by atoms with Crippen molar-refractivity contribution in [3.63, 3.8) is 0 Å². The number of carbonyl (C=O) groups is 2. The molecular formula is C41H55ClN8O3. The fourth-order valence-electron chi connectivity index (χ4n) is 8.71. The van der Waals surface area contributed by atoms with Crippen LogP contribution in [0.15, 0.2) is 61.3 Å². The predicted molar refractivity (Wildman–Crippen MR) is 214 cm³/mol. The first kappa shape index (κ1) is 38.4. The maximum Gasteiger partial charge on any atom is 0.247 e.